The molecule has 0 fully saturated rings. The zero-order valence-electron chi connectivity index (χ0n) is 12.8. The molecule has 0 radical (unpaired) electrons. The number of aromatic nitrogens is 2. The fourth-order valence-electron chi connectivity index (χ4n) is 2.39. The molecule has 5 heteroatoms. The Kier molecular flexibility index (Phi) is 4.83. The number of benzene rings is 1. The van der Waals surface area contributed by atoms with Crippen molar-refractivity contribution in [1.29, 1.82) is 0 Å². The fraction of sp³-hybridized carbons (Fsp3) is 0.500. The summed E-state index contributed by atoms with van der Waals surface area (Å²) in [5.74, 6) is 1.30. The lowest BCUT2D eigenvalue weighted by molar-refractivity contribution is -0.137. The SMILES string of the molecule is CCOc1ccc2c(c1)nc(CCC(=O)O)n2CC(C)C. The lowest BCUT2D eigenvalue weighted by Crippen LogP contribution is -2.10. The van der Waals surface area contributed by atoms with Gasteiger partial charge < -0.3 is 14.4 Å². The molecule has 114 valence electrons. The molecule has 0 amide bonds. The van der Waals surface area contributed by atoms with E-state index in [0.717, 1.165) is 29.2 Å². The number of nitrogens with zero attached hydrogens (tertiary/aromatic N) is 2. The lowest BCUT2D eigenvalue weighted by Gasteiger charge is -2.11. The number of aliphatic carboxylic acids is 1. The summed E-state index contributed by atoms with van der Waals surface area (Å²) in [7, 11) is 0. The second kappa shape index (κ2) is 6.61. The molecule has 21 heavy (non-hydrogen) atoms. The zero-order chi connectivity index (χ0) is 15.4. The van der Waals surface area contributed by atoms with Crippen molar-refractivity contribution >= 4 is 17.0 Å². The van der Waals surface area contributed by atoms with Crippen LogP contribution < -0.4 is 4.74 Å². The Balaban J connectivity index is 2.41. The maximum Gasteiger partial charge on any atom is 0.303 e. The Hall–Kier alpha value is -2.04. The van der Waals surface area contributed by atoms with Gasteiger partial charge in [0.25, 0.3) is 0 Å². The average Bonchev–Trinajstić information content (AvgIpc) is 2.73. The van der Waals surface area contributed by atoms with E-state index in [1.54, 1.807) is 0 Å². The van der Waals surface area contributed by atoms with Crippen LogP contribution in [0.25, 0.3) is 11.0 Å². The number of hydrogen-bond acceptors (Lipinski definition) is 3. The first-order valence-electron chi connectivity index (χ1n) is 7.35. The second-order valence-corrected chi connectivity index (χ2v) is 5.51. The molecular weight excluding hydrogens is 268 g/mol. The van der Waals surface area contributed by atoms with Gasteiger partial charge >= 0.3 is 5.97 Å². The first-order valence-corrected chi connectivity index (χ1v) is 7.35. The van der Waals surface area contributed by atoms with Gasteiger partial charge in [0.15, 0.2) is 0 Å². The molecule has 1 aromatic carbocycles. The molecule has 0 saturated heterocycles. The summed E-state index contributed by atoms with van der Waals surface area (Å²) in [6, 6.07) is 5.85. The van der Waals surface area contributed by atoms with Crippen LogP contribution in [0.1, 0.15) is 33.0 Å². The molecule has 0 bridgehead atoms. The monoisotopic (exact) mass is 290 g/mol. The van der Waals surface area contributed by atoms with E-state index in [2.05, 4.69) is 23.4 Å². The van der Waals surface area contributed by atoms with Crippen molar-refractivity contribution in [3.63, 3.8) is 0 Å². The Morgan fingerprint density at radius 1 is 1.43 bits per heavy atom. The van der Waals surface area contributed by atoms with Crippen LogP contribution >= 0.6 is 0 Å². The number of fused-ring (bicyclic) bond motifs is 1. The van der Waals surface area contributed by atoms with Crippen LogP contribution in [0.4, 0.5) is 0 Å². The van der Waals surface area contributed by atoms with E-state index in [1.165, 1.54) is 0 Å². The molecule has 0 saturated carbocycles. The summed E-state index contributed by atoms with van der Waals surface area (Å²) in [6.07, 6.45) is 0.542. The number of carbonyl (C=O) groups is 1. The molecule has 5 nitrogen and oxygen atoms in total. The number of carboxylic acid groups (broad SMARTS) is 1. The Labute approximate surface area is 124 Å². The Morgan fingerprint density at radius 2 is 2.19 bits per heavy atom. The molecule has 1 N–H and O–H groups in total. The first kappa shape index (κ1) is 15.4. The predicted molar refractivity (Wildman–Crippen MR) is 81.7 cm³/mol. The van der Waals surface area contributed by atoms with E-state index in [0.29, 0.717) is 18.9 Å². The van der Waals surface area contributed by atoms with Gasteiger partial charge in [-0.3, -0.25) is 4.79 Å². The second-order valence-electron chi connectivity index (χ2n) is 5.51. The normalized spacial score (nSPS) is 11.2. The molecule has 0 aliphatic rings. The smallest absolute Gasteiger partial charge is 0.303 e. The van der Waals surface area contributed by atoms with Gasteiger partial charge in [0.1, 0.15) is 11.6 Å². The van der Waals surface area contributed by atoms with Crippen molar-refractivity contribution in [1.82, 2.24) is 9.55 Å². The minimum atomic E-state index is -0.798. The molecule has 0 aliphatic carbocycles. The van der Waals surface area contributed by atoms with E-state index in [-0.39, 0.29) is 6.42 Å². The van der Waals surface area contributed by atoms with Crippen molar-refractivity contribution in [3.8, 4) is 5.75 Å². The van der Waals surface area contributed by atoms with Gasteiger partial charge in [-0.2, -0.15) is 0 Å². The largest absolute Gasteiger partial charge is 0.494 e. The number of imidazole rings is 1. The number of rotatable bonds is 7. The van der Waals surface area contributed by atoms with Crippen LogP contribution in [0.15, 0.2) is 18.2 Å². The fourth-order valence-corrected chi connectivity index (χ4v) is 2.39. The summed E-state index contributed by atoms with van der Waals surface area (Å²) in [5, 5.41) is 8.88. The van der Waals surface area contributed by atoms with E-state index in [9.17, 15) is 4.79 Å². The molecule has 1 heterocycles. The van der Waals surface area contributed by atoms with Crippen molar-refractivity contribution < 1.29 is 14.6 Å². The van der Waals surface area contributed by atoms with Crippen molar-refractivity contribution in [2.45, 2.75) is 40.2 Å². The van der Waals surface area contributed by atoms with Crippen LogP contribution in [-0.4, -0.2) is 27.2 Å². The van der Waals surface area contributed by atoms with E-state index >= 15 is 0 Å². The van der Waals surface area contributed by atoms with Crippen LogP contribution in [0.2, 0.25) is 0 Å². The highest BCUT2D eigenvalue weighted by Crippen LogP contribution is 2.23. The summed E-state index contributed by atoms with van der Waals surface area (Å²) >= 11 is 0. The quantitative estimate of drug-likeness (QED) is 0.851. The molecular formula is C16H22N2O3. The third-order valence-electron chi connectivity index (χ3n) is 3.22. The van der Waals surface area contributed by atoms with Gasteiger partial charge in [-0.25, -0.2) is 4.98 Å². The van der Waals surface area contributed by atoms with Crippen LogP contribution in [-0.2, 0) is 17.8 Å². The Bertz CT molecular complexity index is 632. The first-order chi connectivity index (χ1) is 10.0. The number of aryl methyl sites for hydroxylation is 1. The average molecular weight is 290 g/mol. The van der Waals surface area contributed by atoms with E-state index < -0.39 is 5.97 Å². The number of hydrogen-bond donors (Lipinski definition) is 1. The summed E-state index contributed by atoms with van der Waals surface area (Å²) in [6.45, 7) is 7.67. The maximum atomic E-state index is 10.8. The molecule has 2 aromatic rings. The van der Waals surface area contributed by atoms with E-state index in [1.807, 2.05) is 25.1 Å². The molecule has 0 aliphatic heterocycles. The van der Waals surface area contributed by atoms with Gasteiger partial charge in [0.2, 0.25) is 0 Å². The van der Waals surface area contributed by atoms with Crippen molar-refractivity contribution in [2.24, 2.45) is 5.92 Å². The van der Waals surface area contributed by atoms with Gasteiger partial charge in [0.05, 0.1) is 24.1 Å². The molecule has 1 aromatic heterocycles. The predicted octanol–water partition coefficient (Wildman–Crippen LogP) is 3.11. The lowest BCUT2D eigenvalue weighted by atomic mass is 10.2. The highest BCUT2D eigenvalue weighted by Gasteiger charge is 2.13. The highest BCUT2D eigenvalue weighted by molar-refractivity contribution is 5.78. The van der Waals surface area contributed by atoms with Crippen LogP contribution in [0.3, 0.4) is 0 Å². The molecule has 0 atom stereocenters. The number of carboxylic acids is 1. The topological polar surface area (TPSA) is 64.3 Å². The van der Waals surface area contributed by atoms with Crippen molar-refractivity contribution in [2.75, 3.05) is 6.61 Å². The Morgan fingerprint density at radius 3 is 2.81 bits per heavy atom. The van der Waals surface area contributed by atoms with Gasteiger partial charge in [0, 0.05) is 19.0 Å². The molecule has 2 rings (SSSR count). The maximum absolute atomic E-state index is 10.8. The zero-order valence-corrected chi connectivity index (χ0v) is 12.8. The third kappa shape index (κ3) is 3.74. The van der Waals surface area contributed by atoms with Gasteiger partial charge in [-0.1, -0.05) is 13.8 Å². The van der Waals surface area contributed by atoms with Crippen molar-refractivity contribution in [3.05, 3.63) is 24.0 Å². The minimum absolute atomic E-state index is 0.0970. The summed E-state index contributed by atoms with van der Waals surface area (Å²) in [4.78, 5) is 15.4. The third-order valence-corrected chi connectivity index (χ3v) is 3.22. The minimum Gasteiger partial charge on any atom is -0.494 e. The van der Waals surface area contributed by atoms with Crippen LogP contribution in [0.5, 0.6) is 5.75 Å². The number of ether oxygens (including phenoxy) is 1. The highest BCUT2D eigenvalue weighted by atomic mass is 16.5. The summed E-state index contributed by atoms with van der Waals surface area (Å²) in [5.41, 5.74) is 1.90. The van der Waals surface area contributed by atoms with Gasteiger partial charge in [-0.05, 0) is 25.0 Å². The standard InChI is InChI=1S/C16H22N2O3/c1-4-21-12-5-6-14-13(9-12)17-15(7-8-16(19)20)18(14)10-11(2)3/h5-6,9,11H,4,7-8,10H2,1-3H3,(H,19,20). The summed E-state index contributed by atoms with van der Waals surface area (Å²) < 4.78 is 7.62. The molecule has 0 spiro atoms. The van der Waals surface area contributed by atoms with Crippen LogP contribution in [0, 0.1) is 5.92 Å². The molecule has 0 unspecified atom stereocenters. The van der Waals surface area contributed by atoms with Gasteiger partial charge in [-0.15, -0.1) is 0 Å². The van der Waals surface area contributed by atoms with E-state index in [4.69, 9.17) is 9.84 Å².